The summed E-state index contributed by atoms with van der Waals surface area (Å²) in [6, 6.07) is 0. The highest BCUT2D eigenvalue weighted by Gasteiger charge is 2.25. The monoisotopic (exact) mass is 681 g/mol. The zero-order valence-corrected chi connectivity index (χ0v) is 30.1. The maximum Gasteiger partial charge on any atom is 0.472 e. The van der Waals surface area contributed by atoms with Crippen LogP contribution in [0.3, 0.4) is 0 Å². The number of rotatable bonds is 32. The highest BCUT2D eigenvalue weighted by molar-refractivity contribution is 7.47. The van der Waals surface area contributed by atoms with Gasteiger partial charge in [-0.05, 0) is 51.4 Å². The molecule has 0 aromatic rings. The molecular formula is C37H64NO8P. The molecule has 0 aromatic carbocycles. The number of nitrogens with two attached hydrogens (primary N) is 1. The number of ether oxygens (including phenoxy) is 2. The SMILES string of the molecule is CC/C=C/C=C/C=C/CCCCCCCC(=O)OCC(COP(=O)(O)OCCN)OC(=O)CC/C=C/C/C=C/CCCCCCCC. The van der Waals surface area contributed by atoms with Crippen molar-refractivity contribution in [3.8, 4) is 0 Å². The Morgan fingerprint density at radius 3 is 1.98 bits per heavy atom. The molecule has 9 nitrogen and oxygen atoms in total. The maximum absolute atomic E-state index is 12.4. The van der Waals surface area contributed by atoms with Crippen LogP contribution in [0.1, 0.15) is 129 Å². The van der Waals surface area contributed by atoms with Crippen LogP contribution in [0.5, 0.6) is 0 Å². The third kappa shape index (κ3) is 33.4. The van der Waals surface area contributed by atoms with E-state index >= 15 is 0 Å². The number of hydrogen-bond donors (Lipinski definition) is 2. The van der Waals surface area contributed by atoms with Gasteiger partial charge in [-0.2, -0.15) is 0 Å². The molecule has 0 heterocycles. The molecule has 0 bridgehead atoms. The second-order valence-electron chi connectivity index (χ2n) is 11.4. The molecule has 10 heteroatoms. The number of carbonyl (C=O) groups excluding carboxylic acids is 2. The molecule has 0 spiro atoms. The van der Waals surface area contributed by atoms with Crippen LogP contribution >= 0.6 is 7.82 Å². The summed E-state index contributed by atoms with van der Waals surface area (Å²) in [5, 5.41) is 0. The molecule has 0 aliphatic heterocycles. The van der Waals surface area contributed by atoms with Gasteiger partial charge in [0.25, 0.3) is 0 Å². The zero-order chi connectivity index (χ0) is 34.7. The summed E-state index contributed by atoms with van der Waals surface area (Å²) in [6.45, 7) is 3.46. The lowest BCUT2D eigenvalue weighted by Gasteiger charge is -2.19. The van der Waals surface area contributed by atoms with Crippen molar-refractivity contribution in [3.63, 3.8) is 0 Å². The Labute approximate surface area is 285 Å². The summed E-state index contributed by atoms with van der Waals surface area (Å²) in [6.07, 6.45) is 37.0. The molecule has 0 radical (unpaired) electrons. The second-order valence-corrected chi connectivity index (χ2v) is 12.9. The van der Waals surface area contributed by atoms with Gasteiger partial charge in [-0.3, -0.25) is 18.6 Å². The molecule has 0 fully saturated rings. The number of carbonyl (C=O) groups is 2. The molecule has 0 amide bonds. The van der Waals surface area contributed by atoms with E-state index in [-0.39, 0.29) is 32.6 Å². The van der Waals surface area contributed by atoms with E-state index in [4.69, 9.17) is 24.3 Å². The maximum atomic E-state index is 12.4. The average molecular weight is 682 g/mol. The van der Waals surface area contributed by atoms with Crippen LogP contribution in [0.4, 0.5) is 0 Å². The first kappa shape index (κ1) is 44.7. The standard InChI is InChI=1S/C37H64NO8P/c1-3-5-7-9-11-13-15-17-19-21-23-25-27-29-36(39)43-33-35(34-45-47(41,42)44-32-31-38)46-37(40)30-28-26-24-22-20-18-16-14-12-10-8-6-4-2/h5,7,9,11,13,15,18,20,24,26,35H,3-4,6,8,10,12,14,16-17,19,21-23,25,27-34,38H2,1-2H3,(H,41,42)/b7-5+,11-9+,15-13+,20-18+,26-24+. The molecule has 0 aliphatic rings. The first-order valence-electron chi connectivity index (χ1n) is 17.8. The van der Waals surface area contributed by atoms with Gasteiger partial charge in [-0.15, -0.1) is 0 Å². The van der Waals surface area contributed by atoms with Gasteiger partial charge in [0.2, 0.25) is 0 Å². The number of esters is 2. The van der Waals surface area contributed by atoms with Crippen molar-refractivity contribution in [2.75, 3.05) is 26.4 Å². The van der Waals surface area contributed by atoms with Crippen molar-refractivity contribution in [2.24, 2.45) is 5.73 Å². The Morgan fingerprint density at radius 1 is 0.681 bits per heavy atom. The second kappa shape index (κ2) is 33.6. The third-order valence-electron chi connectivity index (χ3n) is 6.96. The van der Waals surface area contributed by atoms with Gasteiger partial charge >= 0.3 is 19.8 Å². The number of allylic oxidation sites excluding steroid dienone is 10. The van der Waals surface area contributed by atoms with Gasteiger partial charge in [0.05, 0.1) is 13.2 Å². The summed E-state index contributed by atoms with van der Waals surface area (Å²) in [5.41, 5.74) is 5.31. The summed E-state index contributed by atoms with van der Waals surface area (Å²) in [7, 11) is -4.39. The molecule has 47 heavy (non-hydrogen) atoms. The number of unbranched alkanes of at least 4 members (excludes halogenated alkanes) is 11. The first-order valence-corrected chi connectivity index (χ1v) is 19.3. The molecule has 0 saturated carbocycles. The largest absolute Gasteiger partial charge is 0.472 e. The van der Waals surface area contributed by atoms with E-state index in [2.05, 4.69) is 44.2 Å². The van der Waals surface area contributed by atoms with E-state index in [1.807, 2.05) is 30.4 Å². The van der Waals surface area contributed by atoms with E-state index in [1.54, 1.807) is 0 Å². The lowest BCUT2D eigenvalue weighted by Crippen LogP contribution is -2.29. The van der Waals surface area contributed by atoms with Crippen LogP contribution in [-0.4, -0.2) is 49.3 Å². The predicted molar refractivity (Wildman–Crippen MR) is 192 cm³/mol. The van der Waals surface area contributed by atoms with Crippen LogP contribution in [0.15, 0.2) is 60.8 Å². The Morgan fingerprint density at radius 2 is 1.30 bits per heavy atom. The molecule has 3 N–H and O–H groups in total. The van der Waals surface area contributed by atoms with Crippen LogP contribution in [0.25, 0.3) is 0 Å². The summed E-state index contributed by atoms with van der Waals surface area (Å²) >= 11 is 0. The Balaban J connectivity index is 4.39. The molecule has 2 unspecified atom stereocenters. The van der Waals surface area contributed by atoms with Crippen molar-refractivity contribution >= 4 is 19.8 Å². The Kier molecular flexibility index (Phi) is 32.0. The van der Waals surface area contributed by atoms with E-state index in [9.17, 15) is 19.0 Å². The van der Waals surface area contributed by atoms with E-state index in [1.165, 1.54) is 38.5 Å². The fourth-order valence-corrected chi connectivity index (χ4v) is 5.10. The fourth-order valence-electron chi connectivity index (χ4n) is 4.33. The van der Waals surface area contributed by atoms with Crippen molar-refractivity contribution in [2.45, 2.75) is 136 Å². The highest BCUT2D eigenvalue weighted by atomic mass is 31.2. The van der Waals surface area contributed by atoms with Crippen LogP contribution in [-0.2, 0) is 32.7 Å². The van der Waals surface area contributed by atoms with Crippen LogP contribution < -0.4 is 5.73 Å². The van der Waals surface area contributed by atoms with Gasteiger partial charge in [0.15, 0.2) is 6.10 Å². The molecule has 0 aliphatic carbocycles. The predicted octanol–water partition coefficient (Wildman–Crippen LogP) is 9.38. The van der Waals surface area contributed by atoms with E-state index in [0.717, 1.165) is 51.4 Å². The van der Waals surface area contributed by atoms with Gasteiger partial charge in [-0.1, -0.05) is 126 Å². The molecular weight excluding hydrogens is 617 g/mol. The molecule has 0 rings (SSSR count). The molecule has 2 atom stereocenters. The zero-order valence-electron chi connectivity index (χ0n) is 29.2. The molecule has 270 valence electrons. The van der Waals surface area contributed by atoms with Gasteiger partial charge < -0.3 is 20.1 Å². The van der Waals surface area contributed by atoms with Crippen molar-refractivity contribution < 1.29 is 37.6 Å². The third-order valence-corrected chi connectivity index (χ3v) is 7.95. The van der Waals surface area contributed by atoms with Gasteiger partial charge in [0, 0.05) is 19.4 Å². The minimum atomic E-state index is -4.39. The van der Waals surface area contributed by atoms with Crippen LogP contribution in [0, 0.1) is 0 Å². The number of hydrogen-bond acceptors (Lipinski definition) is 8. The highest BCUT2D eigenvalue weighted by Crippen LogP contribution is 2.43. The smallest absolute Gasteiger partial charge is 0.462 e. The minimum absolute atomic E-state index is 0.0399. The van der Waals surface area contributed by atoms with Gasteiger partial charge in [-0.25, -0.2) is 4.57 Å². The average Bonchev–Trinajstić information content (AvgIpc) is 3.05. The molecule has 0 aromatic heterocycles. The summed E-state index contributed by atoms with van der Waals surface area (Å²) < 4.78 is 32.5. The number of phosphoric acid groups is 1. The van der Waals surface area contributed by atoms with E-state index in [0.29, 0.717) is 12.8 Å². The lowest BCUT2D eigenvalue weighted by atomic mass is 10.1. The van der Waals surface area contributed by atoms with Crippen molar-refractivity contribution in [3.05, 3.63) is 60.8 Å². The van der Waals surface area contributed by atoms with Crippen LogP contribution in [0.2, 0.25) is 0 Å². The first-order chi connectivity index (χ1) is 22.8. The Bertz CT molecular complexity index is 960. The normalized spacial score (nSPS) is 14.2. The Hall–Kier alpha value is -2.29. The van der Waals surface area contributed by atoms with Gasteiger partial charge in [0.1, 0.15) is 6.61 Å². The topological polar surface area (TPSA) is 134 Å². The minimum Gasteiger partial charge on any atom is -0.462 e. The summed E-state index contributed by atoms with van der Waals surface area (Å²) in [4.78, 5) is 34.6. The summed E-state index contributed by atoms with van der Waals surface area (Å²) in [5.74, 6) is -0.940. The van der Waals surface area contributed by atoms with Crippen molar-refractivity contribution in [1.82, 2.24) is 0 Å². The van der Waals surface area contributed by atoms with E-state index < -0.39 is 32.5 Å². The lowest BCUT2D eigenvalue weighted by molar-refractivity contribution is -0.161. The quantitative estimate of drug-likeness (QED) is 0.0234. The fraction of sp³-hybridized carbons (Fsp3) is 0.676. The van der Waals surface area contributed by atoms with Crippen molar-refractivity contribution in [1.29, 1.82) is 0 Å². The number of phosphoric ester groups is 1. The molecule has 0 saturated heterocycles.